The number of anilines is 1. The maximum absolute atomic E-state index is 13.5. The van der Waals surface area contributed by atoms with Gasteiger partial charge in [-0.3, -0.25) is 9.59 Å². The summed E-state index contributed by atoms with van der Waals surface area (Å²) in [7, 11) is 0. The molecule has 1 amide bonds. The molecule has 1 saturated carbocycles. The van der Waals surface area contributed by atoms with E-state index in [2.05, 4.69) is 5.32 Å². The first-order chi connectivity index (χ1) is 12.1. The highest BCUT2D eigenvalue weighted by molar-refractivity contribution is 6.14. The van der Waals surface area contributed by atoms with Gasteiger partial charge < -0.3 is 14.8 Å². The van der Waals surface area contributed by atoms with Crippen LogP contribution < -0.4 is 14.8 Å². The molecule has 1 fully saturated rings. The van der Waals surface area contributed by atoms with E-state index in [4.69, 9.17) is 9.47 Å². The minimum Gasteiger partial charge on any atom is -0.486 e. The first kappa shape index (κ1) is 15.6. The van der Waals surface area contributed by atoms with Gasteiger partial charge in [0.2, 0.25) is 5.91 Å². The number of benzene rings is 2. The molecule has 0 bridgehead atoms. The van der Waals surface area contributed by atoms with E-state index in [1.807, 2.05) is 0 Å². The highest BCUT2D eigenvalue weighted by Crippen LogP contribution is 2.38. The van der Waals surface area contributed by atoms with Crippen LogP contribution in [0.25, 0.3) is 0 Å². The zero-order valence-electron chi connectivity index (χ0n) is 13.4. The van der Waals surface area contributed by atoms with Crippen LogP contribution in [0.15, 0.2) is 36.4 Å². The number of ketones is 1. The number of fused-ring (bicyclic) bond motifs is 1. The summed E-state index contributed by atoms with van der Waals surface area (Å²) in [5.74, 6) is -0.0895. The molecule has 0 atom stereocenters. The monoisotopic (exact) mass is 341 g/mol. The Balaban J connectivity index is 1.75. The fraction of sp³-hybridized carbons (Fsp3) is 0.263. The van der Waals surface area contributed by atoms with E-state index in [9.17, 15) is 14.0 Å². The van der Waals surface area contributed by atoms with Gasteiger partial charge in [-0.05, 0) is 31.0 Å². The second-order valence-electron chi connectivity index (χ2n) is 6.14. The summed E-state index contributed by atoms with van der Waals surface area (Å²) in [6.07, 6.45) is 1.70. The molecule has 0 radical (unpaired) electrons. The quantitative estimate of drug-likeness (QED) is 0.868. The molecule has 1 heterocycles. The first-order valence-electron chi connectivity index (χ1n) is 8.16. The van der Waals surface area contributed by atoms with Crippen LogP contribution in [0.3, 0.4) is 0 Å². The van der Waals surface area contributed by atoms with Gasteiger partial charge in [-0.25, -0.2) is 4.39 Å². The molecule has 4 rings (SSSR count). The van der Waals surface area contributed by atoms with E-state index < -0.39 is 5.82 Å². The Morgan fingerprint density at radius 3 is 2.44 bits per heavy atom. The number of rotatable bonds is 4. The summed E-state index contributed by atoms with van der Waals surface area (Å²) < 4.78 is 24.5. The molecular weight excluding hydrogens is 325 g/mol. The molecule has 2 aliphatic rings. The van der Waals surface area contributed by atoms with Gasteiger partial charge >= 0.3 is 0 Å². The van der Waals surface area contributed by atoms with Crippen LogP contribution in [0.2, 0.25) is 0 Å². The molecule has 1 aliphatic heterocycles. The molecular formula is C19H16FNO4. The topological polar surface area (TPSA) is 64.6 Å². The van der Waals surface area contributed by atoms with Gasteiger partial charge in [0.1, 0.15) is 19.0 Å². The van der Waals surface area contributed by atoms with Crippen molar-refractivity contribution in [1.29, 1.82) is 0 Å². The molecule has 2 aromatic carbocycles. The lowest BCUT2D eigenvalue weighted by Gasteiger charge is -2.21. The Bertz CT molecular complexity index is 860. The van der Waals surface area contributed by atoms with Crippen molar-refractivity contribution in [3.63, 3.8) is 0 Å². The lowest BCUT2D eigenvalue weighted by atomic mass is 10.0. The zero-order valence-corrected chi connectivity index (χ0v) is 13.4. The average molecular weight is 341 g/mol. The van der Waals surface area contributed by atoms with E-state index in [0.717, 1.165) is 12.8 Å². The van der Waals surface area contributed by atoms with E-state index in [0.29, 0.717) is 30.4 Å². The average Bonchev–Trinajstić information content (AvgIpc) is 3.46. The van der Waals surface area contributed by atoms with Crippen molar-refractivity contribution in [2.75, 3.05) is 18.5 Å². The van der Waals surface area contributed by atoms with E-state index in [1.54, 1.807) is 12.1 Å². The molecule has 2 aromatic rings. The first-order valence-corrected chi connectivity index (χ1v) is 8.16. The van der Waals surface area contributed by atoms with Gasteiger partial charge in [0, 0.05) is 17.5 Å². The standard InChI is InChI=1S/C19H16FNO4/c20-13-3-1-2-12(8-13)18(22)14-9-16-17(25-7-6-24-16)10-15(14)21-19(23)11-4-5-11/h1-3,8-11H,4-7H2,(H,21,23). The lowest BCUT2D eigenvalue weighted by molar-refractivity contribution is -0.117. The molecule has 0 spiro atoms. The Morgan fingerprint density at radius 1 is 1.04 bits per heavy atom. The van der Waals surface area contributed by atoms with Gasteiger partial charge in [0.25, 0.3) is 0 Å². The van der Waals surface area contributed by atoms with Gasteiger partial charge in [-0.2, -0.15) is 0 Å². The zero-order chi connectivity index (χ0) is 17.4. The summed E-state index contributed by atoms with van der Waals surface area (Å²) >= 11 is 0. The molecule has 1 N–H and O–H groups in total. The Morgan fingerprint density at radius 2 is 1.76 bits per heavy atom. The molecule has 1 aliphatic carbocycles. The maximum atomic E-state index is 13.5. The molecule has 128 valence electrons. The predicted molar refractivity (Wildman–Crippen MR) is 88.6 cm³/mol. The van der Waals surface area contributed by atoms with Crippen molar-refractivity contribution in [3.8, 4) is 11.5 Å². The van der Waals surface area contributed by atoms with Gasteiger partial charge in [-0.15, -0.1) is 0 Å². The van der Waals surface area contributed by atoms with Gasteiger partial charge in [0.05, 0.1) is 11.3 Å². The van der Waals surface area contributed by atoms with Crippen LogP contribution in [0.1, 0.15) is 28.8 Å². The van der Waals surface area contributed by atoms with Crippen LogP contribution in [0, 0.1) is 11.7 Å². The van der Waals surface area contributed by atoms with Gasteiger partial charge in [0.15, 0.2) is 17.3 Å². The fourth-order valence-electron chi connectivity index (χ4n) is 2.75. The minimum atomic E-state index is -0.494. The number of carbonyl (C=O) groups excluding carboxylic acids is 2. The third-order valence-electron chi connectivity index (χ3n) is 4.22. The third kappa shape index (κ3) is 3.20. The predicted octanol–water partition coefficient (Wildman–Crippen LogP) is 3.18. The van der Waals surface area contributed by atoms with Crippen LogP contribution in [0.4, 0.5) is 10.1 Å². The number of hydrogen-bond acceptors (Lipinski definition) is 4. The molecule has 5 nitrogen and oxygen atoms in total. The van der Waals surface area contributed by atoms with Crippen molar-refractivity contribution in [1.82, 2.24) is 0 Å². The maximum Gasteiger partial charge on any atom is 0.227 e. The summed E-state index contributed by atoms with van der Waals surface area (Å²) in [5, 5.41) is 2.80. The third-order valence-corrected chi connectivity index (χ3v) is 4.22. The summed E-state index contributed by atoms with van der Waals surface area (Å²) in [6, 6.07) is 8.60. The van der Waals surface area contributed by atoms with Crippen molar-refractivity contribution in [3.05, 3.63) is 53.3 Å². The molecule has 0 aromatic heterocycles. The molecule has 6 heteroatoms. The SMILES string of the molecule is O=C(c1cccc(F)c1)c1cc2c(cc1NC(=O)C1CC1)OCCO2. The molecule has 0 unspecified atom stereocenters. The summed E-state index contributed by atoms with van der Waals surface area (Å²) in [6.45, 7) is 0.786. The van der Waals surface area contributed by atoms with Gasteiger partial charge in [-0.1, -0.05) is 12.1 Å². The largest absolute Gasteiger partial charge is 0.486 e. The fourth-order valence-corrected chi connectivity index (χ4v) is 2.75. The summed E-state index contributed by atoms with van der Waals surface area (Å²) in [4.78, 5) is 25.0. The number of ether oxygens (including phenoxy) is 2. The number of halogens is 1. The molecule has 25 heavy (non-hydrogen) atoms. The van der Waals surface area contributed by atoms with Crippen molar-refractivity contribution >= 4 is 17.4 Å². The smallest absolute Gasteiger partial charge is 0.227 e. The Hall–Kier alpha value is -2.89. The van der Waals surface area contributed by atoms with Crippen LogP contribution in [-0.2, 0) is 4.79 Å². The minimum absolute atomic E-state index is 0.00896. The Kier molecular flexibility index (Phi) is 3.87. The number of hydrogen-bond donors (Lipinski definition) is 1. The number of carbonyl (C=O) groups is 2. The van der Waals surface area contributed by atoms with E-state index in [-0.39, 0.29) is 28.7 Å². The summed E-state index contributed by atoms with van der Waals surface area (Å²) in [5.41, 5.74) is 0.817. The number of amides is 1. The van der Waals surface area contributed by atoms with Crippen LogP contribution in [0.5, 0.6) is 11.5 Å². The molecule has 0 saturated heterocycles. The number of nitrogens with one attached hydrogen (secondary N) is 1. The highest BCUT2D eigenvalue weighted by Gasteiger charge is 2.31. The van der Waals surface area contributed by atoms with Crippen molar-refractivity contribution in [2.24, 2.45) is 5.92 Å². The van der Waals surface area contributed by atoms with E-state index >= 15 is 0 Å². The highest BCUT2D eigenvalue weighted by atomic mass is 19.1. The van der Waals surface area contributed by atoms with E-state index in [1.165, 1.54) is 24.3 Å². The lowest BCUT2D eigenvalue weighted by Crippen LogP contribution is -2.19. The second-order valence-corrected chi connectivity index (χ2v) is 6.14. The van der Waals surface area contributed by atoms with Crippen molar-refractivity contribution < 1.29 is 23.5 Å². The van der Waals surface area contributed by atoms with Crippen LogP contribution in [-0.4, -0.2) is 24.9 Å². The second kappa shape index (κ2) is 6.20. The van der Waals surface area contributed by atoms with Crippen molar-refractivity contribution in [2.45, 2.75) is 12.8 Å². The van der Waals surface area contributed by atoms with Crippen LogP contribution >= 0.6 is 0 Å². The normalized spacial score (nSPS) is 15.6. The Labute approximate surface area is 143 Å².